The van der Waals surface area contributed by atoms with E-state index in [1.165, 1.54) is 24.3 Å². The van der Waals surface area contributed by atoms with E-state index in [1.807, 2.05) is 30.0 Å². The molecule has 0 bridgehead atoms. The predicted octanol–water partition coefficient (Wildman–Crippen LogP) is 2.97. The number of nitrogens with one attached hydrogen (secondary N) is 1. The fourth-order valence-electron chi connectivity index (χ4n) is 2.20. The smallest absolute Gasteiger partial charge is 0.295 e. The highest BCUT2D eigenvalue weighted by atomic mass is 32.2. The fourth-order valence-corrected chi connectivity index (χ4v) is 3.41. The number of benzene rings is 1. The van der Waals surface area contributed by atoms with Crippen molar-refractivity contribution in [1.82, 2.24) is 4.98 Å². The van der Waals surface area contributed by atoms with Gasteiger partial charge in [-0.2, -0.15) is 16.7 Å². The van der Waals surface area contributed by atoms with E-state index in [-0.39, 0.29) is 0 Å². The second-order valence-corrected chi connectivity index (χ2v) is 5.91. The average Bonchev–Trinajstić information content (AvgIpc) is 2.79. The van der Waals surface area contributed by atoms with Crippen molar-refractivity contribution in [2.45, 2.75) is 12.8 Å². The van der Waals surface area contributed by atoms with Gasteiger partial charge in [0.1, 0.15) is 5.52 Å². The molecule has 0 unspecified atom stereocenters. The highest BCUT2D eigenvalue weighted by Gasteiger charge is 2.14. The number of fused-ring (bicyclic) bond motifs is 1. The SMILES string of the molecule is Nc1ccc2oc(NCC3CCSCC3)nc2c1. The third-order valence-corrected chi connectivity index (χ3v) is 4.34. The molecule has 3 rings (SSSR count). The lowest BCUT2D eigenvalue weighted by atomic mass is 10.0. The molecule has 4 nitrogen and oxygen atoms in total. The van der Waals surface area contributed by atoms with Gasteiger partial charge in [-0.1, -0.05) is 0 Å². The third-order valence-electron chi connectivity index (χ3n) is 3.29. The Labute approximate surface area is 110 Å². The lowest BCUT2D eigenvalue weighted by Gasteiger charge is -2.20. The van der Waals surface area contributed by atoms with Gasteiger partial charge in [0.2, 0.25) is 0 Å². The van der Waals surface area contributed by atoms with E-state index in [0.29, 0.717) is 11.7 Å². The summed E-state index contributed by atoms with van der Waals surface area (Å²) >= 11 is 2.05. The van der Waals surface area contributed by atoms with Crippen LogP contribution in [0.1, 0.15) is 12.8 Å². The molecule has 1 aromatic carbocycles. The van der Waals surface area contributed by atoms with E-state index in [4.69, 9.17) is 10.2 Å². The molecule has 0 saturated carbocycles. The van der Waals surface area contributed by atoms with E-state index in [2.05, 4.69) is 10.3 Å². The second kappa shape index (κ2) is 5.10. The number of anilines is 2. The minimum atomic E-state index is 0.605. The third kappa shape index (κ3) is 2.56. The van der Waals surface area contributed by atoms with Crippen LogP contribution in [0.5, 0.6) is 0 Å². The number of thioether (sulfide) groups is 1. The summed E-state index contributed by atoms with van der Waals surface area (Å²) in [6.07, 6.45) is 2.57. The monoisotopic (exact) mass is 263 g/mol. The molecule has 1 aliphatic heterocycles. The molecular weight excluding hydrogens is 246 g/mol. The number of rotatable bonds is 3. The molecule has 1 saturated heterocycles. The first-order chi connectivity index (χ1) is 8.81. The second-order valence-electron chi connectivity index (χ2n) is 4.68. The van der Waals surface area contributed by atoms with Crippen LogP contribution in [0.15, 0.2) is 22.6 Å². The van der Waals surface area contributed by atoms with Crippen LogP contribution < -0.4 is 11.1 Å². The van der Waals surface area contributed by atoms with Gasteiger partial charge in [0.25, 0.3) is 6.01 Å². The number of hydrogen-bond acceptors (Lipinski definition) is 5. The Morgan fingerprint density at radius 1 is 1.39 bits per heavy atom. The van der Waals surface area contributed by atoms with Crippen molar-refractivity contribution in [1.29, 1.82) is 0 Å². The Balaban J connectivity index is 1.67. The van der Waals surface area contributed by atoms with E-state index < -0.39 is 0 Å². The average molecular weight is 263 g/mol. The van der Waals surface area contributed by atoms with Gasteiger partial charge in [0.05, 0.1) is 0 Å². The topological polar surface area (TPSA) is 64.1 Å². The molecule has 0 aliphatic carbocycles. The number of nitrogens with zero attached hydrogens (tertiary/aromatic N) is 1. The molecule has 0 radical (unpaired) electrons. The first-order valence-corrected chi connectivity index (χ1v) is 7.44. The molecule has 1 fully saturated rings. The predicted molar refractivity (Wildman–Crippen MR) is 77.0 cm³/mol. The van der Waals surface area contributed by atoms with Crippen LogP contribution in [-0.2, 0) is 0 Å². The van der Waals surface area contributed by atoms with Gasteiger partial charge in [0.15, 0.2) is 5.58 Å². The van der Waals surface area contributed by atoms with Crippen molar-refractivity contribution in [2.75, 3.05) is 29.1 Å². The van der Waals surface area contributed by atoms with Crippen LogP contribution in [-0.4, -0.2) is 23.0 Å². The summed E-state index contributed by atoms with van der Waals surface area (Å²) < 4.78 is 5.63. The summed E-state index contributed by atoms with van der Waals surface area (Å²) in [5, 5.41) is 3.30. The maximum atomic E-state index is 5.72. The van der Waals surface area contributed by atoms with E-state index in [9.17, 15) is 0 Å². The van der Waals surface area contributed by atoms with Gasteiger partial charge in [-0.3, -0.25) is 0 Å². The van der Waals surface area contributed by atoms with Gasteiger partial charge in [-0.05, 0) is 48.5 Å². The zero-order valence-electron chi connectivity index (χ0n) is 10.2. The summed E-state index contributed by atoms with van der Waals surface area (Å²) in [6.45, 7) is 0.947. The van der Waals surface area contributed by atoms with Crippen LogP contribution in [0.4, 0.5) is 11.7 Å². The number of hydrogen-bond donors (Lipinski definition) is 2. The summed E-state index contributed by atoms with van der Waals surface area (Å²) in [5.74, 6) is 3.29. The standard InChI is InChI=1S/C13H17N3OS/c14-10-1-2-12-11(7-10)16-13(17-12)15-8-9-3-5-18-6-4-9/h1-2,7,9H,3-6,8,14H2,(H,15,16). The summed E-state index contributed by atoms with van der Waals surface area (Å²) in [6, 6.07) is 6.13. The van der Waals surface area contributed by atoms with Crippen molar-refractivity contribution >= 4 is 34.6 Å². The zero-order chi connectivity index (χ0) is 12.4. The maximum absolute atomic E-state index is 5.72. The van der Waals surface area contributed by atoms with Crippen LogP contribution in [0.25, 0.3) is 11.1 Å². The first kappa shape index (κ1) is 11.7. The summed E-state index contributed by atoms with van der Waals surface area (Å²) in [4.78, 5) is 4.39. The van der Waals surface area contributed by atoms with Gasteiger partial charge < -0.3 is 15.5 Å². The minimum absolute atomic E-state index is 0.605. The molecular formula is C13H17N3OS. The zero-order valence-corrected chi connectivity index (χ0v) is 11.0. The molecule has 2 aromatic rings. The normalized spacial score (nSPS) is 17.1. The molecule has 0 atom stereocenters. The fraction of sp³-hybridized carbons (Fsp3) is 0.462. The largest absolute Gasteiger partial charge is 0.424 e. The van der Waals surface area contributed by atoms with Crippen molar-refractivity contribution in [3.63, 3.8) is 0 Å². The van der Waals surface area contributed by atoms with Crippen molar-refractivity contribution in [3.05, 3.63) is 18.2 Å². The lowest BCUT2D eigenvalue weighted by molar-refractivity contribution is 0.504. The number of aromatic nitrogens is 1. The Bertz CT molecular complexity index is 534. The van der Waals surface area contributed by atoms with Crippen LogP contribution in [0.3, 0.4) is 0 Å². The van der Waals surface area contributed by atoms with Crippen molar-refractivity contribution < 1.29 is 4.42 Å². The van der Waals surface area contributed by atoms with Gasteiger partial charge in [-0.15, -0.1) is 0 Å². The van der Waals surface area contributed by atoms with Gasteiger partial charge in [-0.25, -0.2) is 0 Å². The molecule has 3 N–H and O–H groups in total. The van der Waals surface area contributed by atoms with Gasteiger partial charge in [0, 0.05) is 12.2 Å². The number of nitrogen functional groups attached to an aromatic ring is 1. The molecule has 5 heteroatoms. The van der Waals surface area contributed by atoms with E-state index >= 15 is 0 Å². The Hall–Kier alpha value is -1.36. The molecule has 1 aromatic heterocycles. The molecule has 18 heavy (non-hydrogen) atoms. The van der Waals surface area contributed by atoms with Crippen LogP contribution in [0.2, 0.25) is 0 Å². The van der Waals surface area contributed by atoms with Crippen LogP contribution >= 0.6 is 11.8 Å². The number of oxazole rings is 1. The van der Waals surface area contributed by atoms with E-state index in [0.717, 1.165) is 23.6 Å². The van der Waals surface area contributed by atoms with Crippen LogP contribution in [0, 0.1) is 5.92 Å². The summed E-state index contributed by atoms with van der Waals surface area (Å²) in [5.41, 5.74) is 8.03. The molecule has 96 valence electrons. The van der Waals surface area contributed by atoms with E-state index in [1.54, 1.807) is 0 Å². The highest BCUT2D eigenvalue weighted by molar-refractivity contribution is 7.99. The quantitative estimate of drug-likeness (QED) is 0.833. The lowest BCUT2D eigenvalue weighted by Crippen LogP contribution is -2.19. The molecule has 0 spiro atoms. The Kier molecular flexibility index (Phi) is 3.32. The summed E-state index contributed by atoms with van der Waals surface area (Å²) in [7, 11) is 0. The number of nitrogens with two attached hydrogens (primary N) is 1. The molecule has 0 amide bonds. The maximum Gasteiger partial charge on any atom is 0.295 e. The first-order valence-electron chi connectivity index (χ1n) is 6.29. The Morgan fingerprint density at radius 3 is 3.06 bits per heavy atom. The Morgan fingerprint density at radius 2 is 2.22 bits per heavy atom. The highest BCUT2D eigenvalue weighted by Crippen LogP contribution is 2.24. The van der Waals surface area contributed by atoms with Crippen molar-refractivity contribution in [3.8, 4) is 0 Å². The minimum Gasteiger partial charge on any atom is -0.424 e. The molecule has 1 aliphatic rings. The molecule has 2 heterocycles. The van der Waals surface area contributed by atoms with Gasteiger partial charge >= 0.3 is 0 Å². The van der Waals surface area contributed by atoms with Crippen molar-refractivity contribution in [2.24, 2.45) is 5.92 Å².